The fourth-order valence-corrected chi connectivity index (χ4v) is 5.90. The number of likely N-dealkylation sites (tertiary alicyclic amines) is 1. The molecule has 4 amide bonds. The van der Waals surface area contributed by atoms with E-state index in [1.54, 1.807) is 23.8 Å². The second kappa shape index (κ2) is 31.3. The quantitative estimate of drug-likeness (QED) is 0.155. The van der Waals surface area contributed by atoms with Crippen molar-refractivity contribution in [3.05, 3.63) is 35.9 Å². The second-order valence-corrected chi connectivity index (χ2v) is 13.6. The molecule has 2 rings (SSSR count). The maximum absolute atomic E-state index is 13.5. The highest BCUT2D eigenvalue weighted by molar-refractivity contribution is 5.81. The zero-order valence-electron chi connectivity index (χ0n) is 35.0. The standard InChI is InChI=1S/C24H44N4O7.C7H8.C6H15NO.C3H8/c1-7-16(2)22(27(4)21(32)14-25-15-30)19(34-5)13-20(31)28-11-8-9-18(28)23(35-6)17(3)24(33)26-10-12-29;1-7-5-3-2-4-6-7;1-4-7(3)6(2)5-8;1-3-2/h15-19,22-23,29H,7-14H2,1-6H3,(H,25,30)(H,26,33);2-6H,1H3;6,8H,4-5H2,1-3H3;3H2,1-2H3. The normalized spacial score (nSPS) is 16.8. The molecule has 1 saturated heterocycles. The summed E-state index contributed by atoms with van der Waals surface area (Å²) >= 11 is 0. The number of ether oxygens (including phenoxy) is 2. The molecule has 1 aliphatic heterocycles. The molecule has 1 fully saturated rings. The van der Waals surface area contributed by atoms with Crippen molar-refractivity contribution in [2.24, 2.45) is 11.8 Å². The lowest BCUT2D eigenvalue weighted by atomic mass is 9.90. The van der Waals surface area contributed by atoms with Crippen LogP contribution in [0.15, 0.2) is 30.3 Å². The molecule has 1 aromatic carbocycles. The maximum atomic E-state index is 13.5. The topological polar surface area (TPSA) is 161 Å². The summed E-state index contributed by atoms with van der Waals surface area (Å²) in [4.78, 5) is 54.6. The summed E-state index contributed by atoms with van der Waals surface area (Å²) in [5.41, 5.74) is 1.32. The van der Waals surface area contributed by atoms with Gasteiger partial charge in [-0.05, 0) is 46.2 Å². The first-order chi connectivity index (χ1) is 25.2. The Hall–Kier alpha value is -3.10. The van der Waals surface area contributed by atoms with E-state index in [2.05, 4.69) is 55.4 Å². The molecule has 13 nitrogen and oxygen atoms in total. The number of nitrogens with one attached hydrogen (secondary N) is 2. The number of hydrogen-bond acceptors (Lipinski definition) is 9. The van der Waals surface area contributed by atoms with Crippen molar-refractivity contribution >= 4 is 24.1 Å². The van der Waals surface area contributed by atoms with Gasteiger partial charge in [0, 0.05) is 40.4 Å². The molecule has 0 aromatic heterocycles. The minimum absolute atomic E-state index is 0.0503. The van der Waals surface area contributed by atoms with E-state index in [1.807, 2.05) is 46.0 Å². The first-order valence-corrected chi connectivity index (χ1v) is 19.2. The van der Waals surface area contributed by atoms with E-state index >= 15 is 0 Å². The van der Waals surface area contributed by atoms with Gasteiger partial charge in [0.2, 0.25) is 24.1 Å². The largest absolute Gasteiger partial charge is 0.395 e. The fourth-order valence-electron chi connectivity index (χ4n) is 5.90. The van der Waals surface area contributed by atoms with Gasteiger partial charge >= 0.3 is 0 Å². The number of nitrogens with zero attached hydrogens (tertiary/aromatic N) is 3. The lowest BCUT2D eigenvalue weighted by molar-refractivity contribution is -0.145. The van der Waals surface area contributed by atoms with Crippen LogP contribution in [-0.4, -0.2) is 147 Å². The van der Waals surface area contributed by atoms with E-state index in [0.717, 1.165) is 19.4 Å². The Bertz CT molecular complexity index is 1090. The summed E-state index contributed by atoms with van der Waals surface area (Å²) in [6, 6.07) is 9.94. The first-order valence-electron chi connectivity index (χ1n) is 19.2. The summed E-state index contributed by atoms with van der Waals surface area (Å²) in [6.45, 7) is 17.9. The van der Waals surface area contributed by atoms with E-state index < -0.39 is 18.1 Å². The third-order valence-corrected chi connectivity index (χ3v) is 9.51. The Labute approximate surface area is 321 Å². The number of likely N-dealkylation sites (N-methyl/N-ethyl adjacent to an activating group) is 2. The Balaban J connectivity index is 0. The van der Waals surface area contributed by atoms with Crippen LogP contribution in [0.25, 0.3) is 0 Å². The van der Waals surface area contributed by atoms with Gasteiger partial charge in [0.05, 0.1) is 56.4 Å². The minimum Gasteiger partial charge on any atom is -0.395 e. The predicted molar refractivity (Wildman–Crippen MR) is 212 cm³/mol. The van der Waals surface area contributed by atoms with Crippen molar-refractivity contribution in [2.45, 2.75) is 118 Å². The number of benzene rings is 1. The molecular weight excluding hydrogens is 678 g/mol. The fraction of sp³-hybridized carbons (Fsp3) is 0.750. The van der Waals surface area contributed by atoms with E-state index in [0.29, 0.717) is 25.4 Å². The van der Waals surface area contributed by atoms with Gasteiger partial charge in [-0.25, -0.2) is 0 Å². The highest BCUT2D eigenvalue weighted by Gasteiger charge is 2.41. The van der Waals surface area contributed by atoms with Gasteiger partial charge in [0.1, 0.15) is 0 Å². The van der Waals surface area contributed by atoms with Crippen LogP contribution in [0.5, 0.6) is 0 Å². The molecule has 7 unspecified atom stereocenters. The lowest BCUT2D eigenvalue weighted by Gasteiger charge is -2.39. The van der Waals surface area contributed by atoms with Gasteiger partial charge in [-0.15, -0.1) is 0 Å². The molecule has 1 aliphatic rings. The van der Waals surface area contributed by atoms with E-state index in [4.69, 9.17) is 19.7 Å². The third-order valence-electron chi connectivity index (χ3n) is 9.51. The molecule has 4 N–H and O–H groups in total. The van der Waals surface area contributed by atoms with Crippen LogP contribution < -0.4 is 10.6 Å². The zero-order chi connectivity index (χ0) is 40.9. The number of aliphatic hydroxyl groups is 2. The summed E-state index contributed by atoms with van der Waals surface area (Å²) in [5, 5.41) is 22.6. The van der Waals surface area contributed by atoms with Crippen LogP contribution in [0.2, 0.25) is 0 Å². The molecule has 0 aliphatic carbocycles. The van der Waals surface area contributed by atoms with Crippen molar-refractivity contribution in [3.8, 4) is 0 Å². The van der Waals surface area contributed by atoms with Gasteiger partial charge in [-0.3, -0.25) is 19.2 Å². The number of carbonyl (C=O) groups is 4. The molecule has 53 heavy (non-hydrogen) atoms. The smallest absolute Gasteiger partial charge is 0.242 e. The highest BCUT2D eigenvalue weighted by atomic mass is 16.5. The summed E-state index contributed by atoms with van der Waals surface area (Å²) in [5.74, 6) is -1.08. The molecule has 7 atom stereocenters. The minimum atomic E-state index is -0.546. The number of aryl methyl sites for hydroxylation is 1. The SMILES string of the molecule is CCC.CCC(C)C(C(CC(=O)N1CCCC1C(OC)C(C)C(=O)NCCO)OC)N(C)C(=O)CNC=O.CCN(C)C(C)CO.Cc1ccccc1. The van der Waals surface area contributed by atoms with Crippen LogP contribution >= 0.6 is 0 Å². The van der Waals surface area contributed by atoms with Crippen molar-refractivity contribution in [2.75, 3.05) is 67.7 Å². The Morgan fingerprint density at radius 3 is 2.04 bits per heavy atom. The average Bonchev–Trinajstić information content (AvgIpc) is 3.65. The van der Waals surface area contributed by atoms with Crippen molar-refractivity contribution in [1.82, 2.24) is 25.3 Å². The number of carbonyl (C=O) groups excluding carboxylic acids is 4. The Morgan fingerprint density at radius 2 is 1.62 bits per heavy atom. The average molecular weight is 754 g/mol. The second-order valence-electron chi connectivity index (χ2n) is 13.6. The van der Waals surface area contributed by atoms with Crippen LogP contribution in [0.3, 0.4) is 0 Å². The molecule has 0 saturated carbocycles. The van der Waals surface area contributed by atoms with E-state index in [-0.39, 0.29) is 68.4 Å². The molecule has 308 valence electrons. The molecule has 0 radical (unpaired) electrons. The van der Waals surface area contributed by atoms with Gasteiger partial charge in [-0.1, -0.05) is 90.3 Å². The van der Waals surface area contributed by atoms with Crippen LogP contribution in [0, 0.1) is 18.8 Å². The number of aliphatic hydroxyl groups excluding tert-OH is 2. The van der Waals surface area contributed by atoms with Gasteiger partial charge in [-0.2, -0.15) is 0 Å². The summed E-state index contributed by atoms with van der Waals surface area (Å²) < 4.78 is 11.4. The van der Waals surface area contributed by atoms with E-state index in [9.17, 15) is 19.2 Å². The molecule has 13 heteroatoms. The molecule has 1 aromatic rings. The monoisotopic (exact) mass is 754 g/mol. The maximum Gasteiger partial charge on any atom is 0.242 e. The Morgan fingerprint density at radius 1 is 1.02 bits per heavy atom. The van der Waals surface area contributed by atoms with E-state index in [1.165, 1.54) is 26.2 Å². The molecular formula is C40H75N5O8. The third kappa shape index (κ3) is 20.2. The number of amides is 4. The van der Waals surface area contributed by atoms with Gasteiger partial charge in [0.25, 0.3) is 0 Å². The molecule has 0 bridgehead atoms. The van der Waals surface area contributed by atoms with Crippen molar-refractivity contribution in [1.29, 1.82) is 0 Å². The number of hydrogen-bond donors (Lipinski definition) is 4. The first kappa shape index (κ1) is 52.0. The van der Waals surface area contributed by atoms with Crippen LogP contribution in [0.1, 0.15) is 86.1 Å². The zero-order valence-corrected chi connectivity index (χ0v) is 35.0. The number of rotatable bonds is 19. The van der Waals surface area contributed by atoms with Crippen LogP contribution in [0.4, 0.5) is 0 Å². The summed E-state index contributed by atoms with van der Waals surface area (Å²) in [6.07, 6.45) is 3.04. The predicted octanol–water partition coefficient (Wildman–Crippen LogP) is 3.49. The van der Waals surface area contributed by atoms with Crippen molar-refractivity contribution in [3.63, 3.8) is 0 Å². The molecule has 0 spiro atoms. The van der Waals surface area contributed by atoms with Crippen LogP contribution in [-0.2, 0) is 28.7 Å². The Kier molecular flexibility index (Phi) is 30.7. The van der Waals surface area contributed by atoms with Gasteiger partial charge in [0.15, 0.2) is 0 Å². The highest BCUT2D eigenvalue weighted by Crippen LogP contribution is 2.29. The van der Waals surface area contributed by atoms with Crippen molar-refractivity contribution < 1.29 is 38.9 Å². The summed E-state index contributed by atoms with van der Waals surface area (Å²) in [7, 11) is 6.73. The molecule has 1 heterocycles. The van der Waals surface area contributed by atoms with Gasteiger partial charge < -0.3 is 45.0 Å². The number of methoxy groups -OCH3 is 2. The lowest BCUT2D eigenvalue weighted by Crippen LogP contribution is -2.54.